The number of anilines is 1. The molecule has 3 rings (SSSR count). The van der Waals surface area contributed by atoms with Gasteiger partial charge in [-0.25, -0.2) is 0 Å². The van der Waals surface area contributed by atoms with Gasteiger partial charge in [0, 0.05) is 12.6 Å². The molecule has 0 atom stereocenters. The lowest BCUT2D eigenvalue weighted by atomic mass is 9.95. The molecule has 1 aliphatic rings. The summed E-state index contributed by atoms with van der Waals surface area (Å²) >= 11 is 1.39. The van der Waals surface area contributed by atoms with E-state index in [1.54, 1.807) is 18.2 Å². The van der Waals surface area contributed by atoms with E-state index >= 15 is 0 Å². The van der Waals surface area contributed by atoms with Crippen molar-refractivity contribution in [1.29, 1.82) is 0 Å². The maximum atomic E-state index is 12.6. The molecule has 1 aromatic heterocycles. The molecule has 1 saturated carbocycles. The molecule has 1 heterocycles. The number of thioether (sulfide) groups is 1. The summed E-state index contributed by atoms with van der Waals surface area (Å²) in [6, 6.07) is 7.50. The Labute approximate surface area is 182 Å². The minimum Gasteiger partial charge on any atom is -0.352 e. The van der Waals surface area contributed by atoms with Crippen molar-refractivity contribution in [3.05, 3.63) is 35.7 Å². The first-order valence-electron chi connectivity index (χ1n) is 10.7. The Morgan fingerprint density at radius 2 is 1.90 bits per heavy atom. The zero-order valence-corrected chi connectivity index (χ0v) is 18.8. The van der Waals surface area contributed by atoms with Gasteiger partial charge in [0.2, 0.25) is 5.91 Å². The zero-order chi connectivity index (χ0) is 21.5. The van der Waals surface area contributed by atoms with Gasteiger partial charge < -0.3 is 15.2 Å². The van der Waals surface area contributed by atoms with Crippen LogP contribution in [0, 0.1) is 12.8 Å². The van der Waals surface area contributed by atoms with Crippen molar-refractivity contribution >= 4 is 29.3 Å². The third-order valence-electron chi connectivity index (χ3n) is 5.22. The number of aryl methyl sites for hydroxylation is 1. The average molecular weight is 430 g/mol. The minimum atomic E-state index is -0.181. The van der Waals surface area contributed by atoms with Gasteiger partial charge >= 0.3 is 0 Å². The quantitative estimate of drug-likeness (QED) is 0.614. The molecule has 1 fully saturated rings. The molecule has 30 heavy (non-hydrogen) atoms. The Kier molecular flexibility index (Phi) is 7.90. The summed E-state index contributed by atoms with van der Waals surface area (Å²) in [5.41, 5.74) is 0.993. The summed E-state index contributed by atoms with van der Waals surface area (Å²) in [5, 5.41) is 15.1. The standard InChI is InChI=1S/C22H31N5O2S/c1-15(2)13-23-21(29)18-11-7-8-12-19(18)24-20(28)14-30-22-26-25-16(3)27(22)17-9-5-4-6-10-17/h7-8,11-12,15,17H,4-6,9-10,13-14H2,1-3H3,(H,23,29)(H,24,28). The van der Waals surface area contributed by atoms with Gasteiger partial charge in [-0.15, -0.1) is 10.2 Å². The molecule has 2 N–H and O–H groups in total. The summed E-state index contributed by atoms with van der Waals surface area (Å²) in [6.45, 7) is 6.64. The second kappa shape index (κ2) is 10.6. The van der Waals surface area contributed by atoms with E-state index in [4.69, 9.17) is 0 Å². The van der Waals surface area contributed by atoms with E-state index in [2.05, 4.69) is 25.4 Å². The number of aromatic nitrogens is 3. The van der Waals surface area contributed by atoms with Gasteiger partial charge in [-0.2, -0.15) is 0 Å². The van der Waals surface area contributed by atoms with Crippen molar-refractivity contribution in [2.45, 2.75) is 64.1 Å². The highest BCUT2D eigenvalue weighted by molar-refractivity contribution is 7.99. The highest BCUT2D eigenvalue weighted by Gasteiger charge is 2.22. The molecule has 0 aliphatic heterocycles. The maximum absolute atomic E-state index is 12.6. The largest absolute Gasteiger partial charge is 0.352 e. The first kappa shape index (κ1) is 22.3. The van der Waals surface area contributed by atoms with Crippen molar-refractivity contribution in [3.63, 3.8) is 0 Å². The van der Waals surface area contributed by atoms with Crippen LogP contribution in [0.5, 0.6) is 0 Å². The lowest BCUT2D eigenvalue weighted by Gasteiger charge is -2.24. The SMILES string of the molecule is Cc1nnc(SCC(=O)Nc2ccccc2C(=O)NCC(C)C)n1C1CCCCC1. The van der Waals surface area contributed by atoms with Crippen LogP contribution in [0.25, 0.3) is 0 Å². The number of carbonyl (C=O) groups is 2. The van der Waals surface area contributed by atoms with E-state index in [9.17, 15) is 9.59 Å². The van der Waals surface area contributed by atoms with E-state index in [0.29, 0.717) is 29.8 Å². The fourth-order valence-corrected chi connectivity index (χ4v) is 4.56. The van der Waals surface area contributed by atoms with Crippen LogP contribution in [0.1, 0.15) is 68.2 Å². The smallest absolute Gasteiger partial charge is 0.253 e. The molecule has 1 aromatic carbocycles. The number of rotatable bonds is 8. The van der Waals surface area contributed by atoms with Crippen LogP contribution in [-0.4, -0.2) is 38.9 Å². The molecule has 2 amide bonds. The number of nitrogens with one attached hydrogen (secondary N) is 2. The van der Waals surface area contributed by atoms with Crippen LogP contribution in [0.2, 0.25) is 0 Å². The minimum absolute atomic E-state index is 0.167. The van der Waals surface area contributed by atoms with Crippen LogP contribution in [0.3, 0.4) is 0 Å². The predicted molar refractivity (Wildman–Crippen MR) is 120 cm³/mol. The second-order valence-corrected chi connectivity index (χ2v) is 9.12. The monoisotopic (exact) mass is 429 g/mol. The summed E-state index contributed by atoms with van der Waals surface area (Å²) in [5.74, 6) is 1.13. The van der Waals surface area contributed by atoms with Crippen LogP contribution < -0.4 is 10.6 Å². The van der Waals surface area contributed by atoms with Crippen LogP contribution in [0.4, 0.5) is 5.69 Å². The molecule has 0 unspecified atom stereocenters. The van der Waals surface area contributed by atoms with Gasteiger partial charge in [-0.3, -0.25) is 9.59 Å². The molecule has 0 bridgehead atoms. The second-order valence-electron chi connectivity index (χ2n) is 8.18. The summed E-state index contributed by atoms with van der Waals surface area (Å²) in [6.07, 6.45) is 6.01. The third-order valence-corrected chi connectivity index (χ3v) is 6.17. The van der Waals surface area contributed by atoms with E-state index < -0.39 is 0 Å². The third kappa shape index (κ3) is 5.84. The van der Waals surface area contributed by atoms with Crippen molar-refractivity contribution < 1.29 is 9.59 Å². The van der Waals surface area contributed by atoms with Crippen molar-refractivity contribution in [3.8, 4) is 0 Å². The summed E-state index contributed by atoms with van der Waals surface area (Å²) < 4.78 is 2.18. The molecule has 8 heteroatoms. The van der Waals surface area contributed by atoms with Crippen LogP contribution in [0.15, 0.2) is 29.4 Å². The van der Waals surface area contributed by atoms with Gasteiger partial charge in [-0.1, -0.05) is 57.0 Å². The molecule has 0 radical (unpaired) electrons. The Bertz CT molecular complexity index is 874. The molecular formula is C22H31N5O2S. The highest BCUT2D eigenvalue weighted by Crippen LogP contribution is 2.32. The number of carbonyl (C=O) groups excluding carboxylic acids is 2. The Hall–Kier alpha value is -2.35. The van der Waals surface area contributed by atoms with E-state index in [0.717, 1.165) is 23.8 Å². The van der Waals surface area contributed by atoms with E-state index in [-0.39, 0.29) is 17.6 Å². The normalized spacial score (nSPS) is 14.7. The number of hydrogen-bond acceptors (Lipinski definition) is 5. The Morgan fingerprint density at radius 1 is 1.17 bits per heavy atom. The molecule has 0 spiro atoms. The topological polar surface area (TPSA) is 88.9 Å². The number of benzene rings is 1. The molecule has 2 aromatic rings. The fourth-order valence-electron chi connectivity index (χ4n) is 3.71. The summed E-state index contributed by atoms with van der Waals surface area (Å²) in [4.78, 5) is 25.1. The average Bonchev–Trinajstić information content (AvgIpc) is 3.12. The first-order valence-corrected chi connectivity index (χ1v) is 11.7. The van der Waals surface area contributed by atoms with E-state index in [1.807, 2.05) is 26.8 Å². The van der Waals surface area contributed by atoms with Crippen molar-refractivity contribution in [2.75, 3.05) is 17.6 Å². The van der Waals surface area contributed by atoms with Crippen molar-refractivity contribution in [1.82, 2.24) is 20.1 Å². The lowest BCUT2D eigenvalue weighted by molar-refractivity contribution is -0.113. The molecular weight excluding hydrogens is 398 g/mol. The predicted octanol–water partition coefficient (Wildman–Crippen LogP) is 4.21. The number of amides is 2. The van der Waals surface area contributed by atoms with Gasteiger partial charge in [0.25, 0.3) is 5.91 Å². The van der Waals surface area contributed by atoms with Gasteiger partial charge in [0.15, 0.2) is 5.16 Å². The fraction of sp³-hybridized carbons (Fsp3) is 0.545. The van der Waals surface area contributed by atoms with Gasteiger partial charge in [-0.05, 0) is 37.8 Å². The number of nitrogens with zero attached hydrogens (tertiary/aromatic N) is 3. The van der Waals surface area contributed by atoms with E-state index in [1.165, 1.54) is 31.0 Å². The molecule has 7 nitrogen and oxygen atoms in total. The zero-order valence-electron chi connectivity index (χ0n) is 18.0. The Balaban J connectivity index is 1.62. The molecule has 0 saturated heterocycles. The molecule has 1 aliphatic carbocycles. The lowest BCUT2D eigenvalue weighted by Crippen LogP contribution is -2.28. The highest BCUT2D eigenvalue weighted by atomic mass is 32.2. The number of para-hydroxylation sites is 1. The van der Waals surface area contributed by atoms with Crippen LogP contribution in [-0.2, 0) is 4.79 Å². The first-order chi connectivity index (χ1) is 14.5. The summed E-state index contributed by atoms with van der Waals surface area (Å²) in [7, 11) is 0. The van der Waals surface area contributed by atoms with Crippen LogP contribution >= 0.6 is 11.8 Å². The Morgan fingerprint density at radius 3 is 2.63 bits per heavy atom. The van der Waals surface area contributed by atoms with Gasteiger partial charge in [0.1, 0.15) is 5.82 Å². The van der Waals surface area contributed by atoms with Crippen molar-refractivity contribution in [2.24, 2.45) is 5.92 Å². The van der Waals surface area contributed by atoms with Gasteiger partial charge in [0.05, 0.1) is 17.0 Å². The molecule has 162 valence electrons. The number of hydrogen-bond donors (Lipinski definition) is 2. The maximum Gasteiger partial charge on any atom is 0.253 e.